The number of aryl methyl sites for hydroxylation is 1. The van der Waals surface area contributed by atoms with Crippen LogP contribution in [0.3, 0.4) is 0 Å². The maximum absolute atomic E-state index is 9.96. The summed E-state index contributed by atoms with van der Waals surface area (Å²) in [5.41, 5.74) is 9.26. The third kappa shape index (κ3) is 3.93. The summed E-state index contributed by atoms with van der Waals surface area (Å²) >= 11 is 0. The number of phenolic OH excluding ortho intramolecular Hbond substituents is 1. The highest BCUT2D eigenvalue weighted by molar-refractivity contribution is 5.62. The van der Waals surface area contributed by atoms with Gasteiger partial charge in [0.05, 0.1) is 0 Å². The molecule has 0 amide bonds. The number of hydrogen-bond donors (Lipinski definition) is 3. The summed E-state index contributed by atoms with van der Waals surface area (Å²) in [6, 6.07) is 1.97. The minimum absolute atomic E-state index is 0.0483. The van der Waals surface area contributed by atoms with E-state index in [9.17, 15) is 5.11 Å². The fraction of sp³-hybridized carbons (Fsp3) is 0.571. The fourth-order valence-corrected chi connectivity index (χ4v) is 1.56. The van der Waals surface area contributed by atoms with Gasteiger partial charge in [0.15, 0.2) is 0 Å². The average Bonchev–Trinajstić information content (AvgIpc) is 2.20. The third-order valence-electron chi connectivity index (χ3n) is 2.61. The molecular formula is C14H25NO2. The van der Waals surface area contributed by atoms with Gasteiger partial charge in [0.25, 0.3) is 0 Å². The minimum atomic E-state index is -0.0483. The van der Waals surface area contributed by atoms with Gasteiger partial charge in [-0.15, -0.1) is 0 Å². The molecule has 0 aliphatic heterocycles. The van der Waals surface area contributed by atoms with Crippen LogP contribution in [0.5, 0.6) is 5.75 Å². The topological polar surface area (TPSA) is 66.5 Å². The summed E-state index contributed by atoms with van der Waals surface area (Å²) in [6.07, 6.45) is 0. The number of aliphatic hydroxyl groups excluding tert-OH is 1. The number of aliphatic hydroxyl groups is 1. The van der Waals surface area contributed by atoms with E-state index in [1.807, 2.05) is 19.9 Å². The zero-order valence-electron chi connectivity index (χ0n) is 11.8. The molecule has 98 valence electrons. The van der Waals surface area contributed by atoms with E-state index in [1.165, 1.54) is 0 Å². The normalized spacial score (nSPS) is 10.8. The molecule has 0 atom stereocenters. The zero-order valence-corrected chi connectivity index (χ0v) is 11.8. The second kappa shape index (κ2) is 5.92. The van der Waals surface area contributed by atoms with E-state index in [-0.39, 0.29) is 12.0 Å². The predicted octanol–water partition coefficient (Wildman–Crippen LogP) is 2.89. The molecular weight excluding hydrogens is 214 g/mol. The van der Waals surface area contributed by atoms with Crippen LogP contribution in [0.1, 0.15) is 44.4 Å². The fourth-order valence-electron chi connectivity index (χ4n) is 1.56. The number of anilines is 1. The molecule has 1 aromatic rings. The molecule has 4 N–H and O–H groups in total. The quantitative estimate of drug-likeness (QED) is 0.610. The lowest BCUT2D eigenvalue weighted by Gasteiger charge is -2.23. The number of benzene rings is 1. The second-order valence-corrected chi connectivity index (χ2v) is 5.19. The number of nitrogen functional groups attached to an aromatic ring is 1. The van der Waals surface area contributed by atoms with Crippen molar-refractivity contribution in [3.63, 3.8) is 0 Å². The monoisotopic (exact) mass is 239 g/mol. The molecule has 0 aromatic heterocycles. The van der Waals surface area contributed by atoms with Gasteiger partial charge in [-0.05, 0) is 43.4 Å². The van der Waals surface area contributed by atoms with Gasteiger partial charge in [-0.3, -0.25) is 0 Å². The lowest BCUT2D eigenvalue weighted by molar-refractivity contribution is 0.318. The Hall–Kier alpha value is -1.22. The molecule has 3 heteroatoms. The first-order valence-electron chi connectivity index (χ1n) is 5.86. The standard InChI is InChI=1S/C12H19NO.C2H6O/c1-7-6-9(12(3,4)5)11(14)8(2)10(7)13;1-2-3/h6,14H,13H2,1-5H3;3H,2H2,1H3. The van der Waals surface area contributed by atoms with E-state index in [4.69, 9.17) is 10.8 Å². The molecule has 3 nitrogen and oxygen atoms in total. The maximum Gasteiger partial charge on any atom is 0.124 e. The van der Waals surface area contributed by atoms with Gasteiger partial charge in [0.2, 0.25) is 0 Å². The Morgan fingerprint density at radius 2 is 1.65 bits per heavy atom. The summed E-state index contributed by atoms with van der Waals surface area (Å²) in [6.45, 7) is 12.0. The van der Waals surface area contributed by atoms with Gasteiger partial charge >= 0.3 is 0 Å². The van der Waals surface area contributed by atoms with Gasteiger partial charge in [-0.25, -0.2) is 0 Å². The first-order valence-corrected chi connectivity index (χ1v) is 5.86. The molecule has 1 rings (SSSR count). The zero-order chi connectivity index (χ0) is 13.8. The molecule has 0 radical (unpaired) electrons. The number of hydrogen-bond acceptors (Lipinski definition) is 3. The van der Waals surface area contributed by atoms with Crippen LogP contribution in [-0.2, 0) is 5.41 Å². The van der Waals surface area contributed by atoms with Crippen molar-refractivity contribution in [3.05, 3.63) is 22.8 Å². The third-order valence-corrected chi connectivity index (χ3v) is 2.61. The van der Waals surface area contributed by atoms with Crippen molar-refractivity contribution in [2.75, 3.05) is 12.3 Å². The van der Waals surface area contributed by atoms with Crippen molar-refractivity contribution in [2.24, 2.45) is 0 Å². The van der Waals surface area contributed by atoms with E-state index in [2.05, 4.69) is 20.8 Å². The first-order chi connectivity index (χ1) is 7.66. The smallest absolute Gasteiger partial charge is 0.124 e. The van der Waals surface area contributed by atoms with E-state index in [0.717, 1.165) is 16.7 Å². The Morgan fingerprint density at radius 3 is 2.00 bits per heavy atom. The number of phenols is 1. The van der Waals surface area contributed by atoms with Crippen LogP contribution in [0.25, 0.3) is 0 Å². The second-order valence-electron chi connectivity index (χ2n) is 5.19. The molecule has 0 aliphatic carbocycles. The average molecular weight is 239 g/mol. The number of nitrogens with two attached hydrogens (primary N) is 1. The number of aromatic hydroxyl groups is 1. The molecule has 1 aromatic carbocycles. The summed E-state index contributed by atoms with van der Waals surface area (Å²) < 4.78 is 0. The van der Waals surface area contributed by atoms with Gasteiger partial charge < -0.3 is 15.9 Å². The van der Waals surface area contributed by atoms with Crippen molar-refractivity contribution in [3.8, 4) is 5.75 Å². The molecule has 17 heavy (non-hydrogen) atoms. The Kier molecular flexibility index (Phi) is 5.49. The van der Waals surface area contributed by atoms with Crippen LogP contribution in [0, 0.1) is 13.8 Å². The summed E-state index contributed by atoms with van der Waals surface area (Å²) in [5, 5.41) is 17.5. The van der Waals surface area contributed by atoms with E-state index >= 15 is 0 Å². The first kappa shape index (κ1) is 15.8. The van der Waals surface area contributed by atoms with Crippen molar-refractivity contribution in [2.45, 2.75) is 47.0 Å². The molecule has 0 spiro atoms. The van der Waals surface area contributed by atoms with Gasteiger partial charge in [0.1, 0.15) is 5.75 Å². The van der Waals surface area contributed by atoms with Gasteiger partial charge in [-0.1, -0.05) is 20.8 Å². The minimum Gasteiger partial charge on any atom is -0.507 e. The van der Waals surface area contributed by atoms with E-state index < -0.39 is 0 Å². The van der Waals surface area contributed by atoms with Crippen molar-refractivity contribution < 1.29 is 10.2 Å². The molecule has 0 heterocycles. The van der Waals surface area contributed by atoms with Crippen molar-refractivity contribution in [1.82, 2.24) is 0 Å². The molecule has 0 fully saturated rings. The Labute approximate surface area is 104 Å². The molecule has 0 bridgehead atoms. The Balaban J connectivity index is 0.000000770. The highest BCUT2D eigenvalue weighted by Gasteiger charge is 2.21. The molecule has 0 saturated carbocycles. The maximum atomic E-state index is 9.96. The summed E-state index contributed by atoms with van der Waals surface area (Å²) in [4.78, 5) is 0. The van der Waals surface area contributed by atoms with Gasteiger partial charge in [0, 0.05) is 17.9 Å². The highest BCUT2D eigenvalue weighted by Crippen LogP contribution is 2.37. The SMILES string of the molecule is CCO.Cc1cc(C(C)(C)C)c(O)c(C)c1N. The van der Waals surface area contributed by atoms with Crippen LogP contribution in [0.4, 0.5) is 5.69 Å². The highest BCUT2D eigenvalue weighted by atomic mass is 16.3. The van der Waals surface area contributed by atoms with Crippen LogP contribution in [0.2, 0.25) is 0 Å². The molecule has 0 unspecified atom stereocenters. The van der Waals surface area contributed by atoms with E-state index in [1.54, 1.807) is 6.92 Å². The van der Waals surface area contributed by atoms with Crippen molar-refractivity contribution in [1.29, 1.82) is 0 Å². The predicted molar refractivity (Wildman–Crippen MR) is 73.5 cm³/mol. The number of rotatable bonds is 0. The lowest BCUT2D eigenvalue weighted by atomic mass is 9.84. The van der Waals surface area contributed by atoms with Crippen LogP contribution < -0.4 is 5.73 Å². The molecule has 0 aliphatic rings. The molecule has 0 saturated heterocycles. The van der Waals surface area contributed by atoms with Crippen LogP contribution >= 0.6 is 0 Å². The van der Waals surface area contributed by atoms with Gasteiger partial charge in [-0.2, -0.15) is 0 Å². The van der Waals surface area contributed by atoms with Crippen LogP contribution in [0.15, 0.2) is 6.07 Å². The Bertz CT molecular complexity index is 379. The van der Waals surface area contributed by atoms with E-state index in [0.29, 0.717) is 11.4 Å². The lowest BCUT2D eigenvalue weighted by Crippen LogP contribution is -2.13. The Morgan fingerprint density at radius 1 is 1.24 bits per heavy atom. The largest absolute Gasteiger partial charge is 0.507 e. The van der Waals surface area contributed by atoms with Crippen LogP contribution in [-0.4, -0.2) is 16.8 Å². The summed E-state index contributed by atoms with van der Waals surface area (Å²) in [7, 11) is 0. The summed E-state index contributed by atoms with van der Waals surface area (Å²) in [5.74, 6) is 0.334. The van der Waals surface area contributed by atoms with Crippen molar-refractivity contribution >= 4 is 5.69 Å².